The number of hydrogen-bond acceptors (Lipinski definition) is 5. The van der Waals surface area contributed by atoms with Gasteiger partial charge in [-0.1, -0.05) is 5.16 Å². The van der Waals surface area contributed by atoms with Crippen molar-refractivity contribution in [1.29, 1.82) is 0 Å². The van der Waals surface area contributed by atoms with Gasteiger partial charge < -0.3 is 19.4 Å². The molecule has 2 N–H and O–H groups in total. The first-order chi connectivity index (χ1) is 10.1. The zero-order valence-electron chi connectivity index (χ0n) is 11.1. The van der Waals surface area contributed by atoms with Gasteiger partial charge in [-0.15, -0.1) is 0 Å². The van der Waals surface area contributed by atoms with Crippen LogP contribution in [0.1, 0.15) is 29.8 Å². The molecule has 0 aromatic carbocycles. The summed E-state index contributed by atoms with van der Waals surface area (Å²) in [5.41, 5.74) is 0.109. The highest BCUT2D eigenvalue weighted by molar-refractivity contribution is 5.93. The molecule has 0 radical (unpaired) electrons. The molecule has 1 fully saturated rings. The van der Waals surface area contributed by atoms with E-state index in [1.54, 1.807) is 12.1 Å². The molecule has 0 aliphatic heterocycles. The lowest BCUT2D eigenvalue weighted by molar-refractivity contribution is -0.137. The van der Waals surface area contributed by atoms with Crippen LogP contribution in [-0.2, 0) is 4.79 Å². The number of carboxylic acids is 1. The molecule has 1 amide bonds. The first kappa shape index (κ1) is 13.4. The maximum Gasteiger partial charge on any atom is 0.305 e. The van der Waals surface area contributed by atoms with Gasteiger partial charge in [-0.2, -0.15) is 0 Å². The lowest BCUT2D eigenvalue weighted by Gasteiger charge is -2.14. The fourth-order valence-electron chi connectivity index (χ4n) is 2.18. The topological polar surface area (TPSA) is 106 Å². The number of nitrogens with one attached hydrogen (secondary N) is 1. The number of hydrogen-bond donors (Lipinski definition) is 2. The largest absolute Gasteiger partial charge is 0.481 e. The third-order valence-electron chi connectivity index (χ3n) is 3.41. The summed E-state index contributed by atoms with van der Waals surface area (Å²) in [4.78, 5) is 22.9. The van der Waals surface area contributed by atoms with Crippen LogP contribution in [-0.4, -0.2) is 28.2 Å². The van der Waals surface area contributed by atoms with E-state index in [1.807, 2.05) is 0 Å². The Hall–Kier alpha value is -2.57. The minimum atomic E-state index is -0.927. The normalized spacial score (nSPS) is 15.6. The molecule has 0 spiro atoms. The third-order valence-corrected chi connectivity index (χ3v) is 3.41. The number of aromatic nitrogens is 1. The van der Waals surface area contributed by atoms with Gasteiger partial charge in [0.05, 0.1) is 12.7 Å². The summed E-state index contributed by atoms with van der Waals surface area (Å²) >= 11 is 0. The number of carboxylic acid groups (broad SMARTS) is 1. The van der Waals surface area contributed by atoms with Crippen molar-refractivity contribution in [3.63, 3.8) is 0 Å². The van der Waals surface area contributed by atoms with E-state index in [9.17, 15) is 9.59 Å². The molecule has 3 rings (SSSR count). The summed E-state index contributed by atoms with van der Waals surface area (Å²) in [6.45, 7) is 0. The minimum Gasteiger partial charge on any atom is -0.481 e. The van der Waals surface area contributed by atoms with Crippen LogP contribution in [0, 0.1) is 5.92 Å². The van der Waals surface area contributed by atoms with Crippen LogP contribution in [0.15, 0.2) is 33.4 Å². The second-order valence-electron chi connectivity index (χ2n) is 5.07. The molecule has 2 aromatic heterocycles. The Balaban J connectivity index is 1.68. The van der Waals surface area contributed by atoms with E-state index in [1.165, 1.54) is 12.3 Å². The quantitative estimate of drug-likeness (QED) is 0.842. The Morgan fingerprint density at radius 3 is 2.86 bits per heavy atom. The smallest absolute Gasteiger partial charge is 0.305 e. The van der Waals surface area contributed by atoms with E-state index in [4.69, 9.17) is 14.0 Å². The first-order valence-corrected chi connectivity index (χ1v) is 6.66. The van der Waals surface area contributed by atoms with Crippen LogP contribution >= 0.6 is 0 Å². The molecule has 2 heterocycles. The standard InChI is InChI=1S/C14H14N2O5/c17-13(18)7-9(8-3-4-8)15-14(19)10-6-12(21-16-10)11-2-1-5-20-11/h1-2,5-6,8-9H,3-4,7H2,(H,15,19)(H,17,18). The second kappa shape index (κ2) is 5.43. The summed E-state index contributed by atoms with van der Waals surface area (Å²) in [5.74, 6) is -0.294. The van der Waals surface area contributed by atoms with Crippen molar-refractivity contribution < 1.29 is 23.6 Å². The van der Waals surface area contributed by atoms with Gasteiger partial charge in [0.15, 0.2) is 11.5 Å². The summed E-state index contributed by atoms with van der Waals surface area (Å²) in [7, 11) is 0. The molecule has 2 aromatic rings. The number of rotatable bonds is 6. The zero-order chi connectivity index (χ0) is 14.8. The number of carbonyl (C=O) groups is 2. The fraction of sp³-hybridized carbons (Fsp3) is 0.357. The Labute approximate surface area is 119 Å². The molecule has 110 valence electrons. The number of furan rings is 1. The van der Waals surface area contributed by atoms with Gasteiger partial charge in [0.2, 0.25) is 5.76 Å². The van der Waals surface area contributed by atoms with Gasteiger partial charge >= 0.3 is 5.97 Å². The van der Waals surface area contributed by atoms with E-state index in [2.05, 4.69) is 10.5 Å². The lowest BCUT2D eigenvalue weighted by atomic mass is 10.1. The van der Waals surface area contributed by atoms with Crippen LogP contribution in [0.2, 0.25) is 0 Å². The maximum atomic E-state index is 12.1. The fourth-order valence-corrected chi connectivity index (χ4v) is 2.18. The predicted molar refractivity (Wildman–Crippen MR) is 70.4 cm³/mol. The van der Waals surface area contributed by atoms with Crippen LogP contribution in [0.25, 0.3) is 11.5 Å². The van der Waals surface area contributed by atoms with Gasteiger partial charge in [-0.25, -0.2) is 0 Å². The van der Waals surface area contributed by atoms with Crippen LogP contribution < -0.4 is 5.32 Å². The summed E-state index contributed by atoms with van der Waals surface area (Å²) in [5, 5.41) is 15.3. The highest BCUT2D eigenvalue weighted by Gasteiger charge is 2.34. The van der Waals surface area contributed by atoms with Gasteiger partial charge in [-0.05, 0) is 30.9 Å². The van der Waals surface area contributed by atoms with Crippen LogP contribution in [0.4, 0.5) is 0 Å². The Morgan fingerprint density at radius 1 is 1.43 bits per heavy atom. The van der Waals surface area contributed by atoms with Crippen molar-refractivity contribution in [2.24, 2.45) is 5.92 Å². The van der Waals surface area contributed by atoms with E-state index in [0.717, 1.165) is 12.8 Å². The average molecular weight is 290 g/mol. The second-order valence-corrected chi connectivity index (χ2v) is 5.07. The molecule has 1 unspecified atom stereocenters. The number of aliphatic carboxylic acids is 1. The van der Waals surface area contributed by atoms with Gasteiger partial charge in [0.25, 0.3) is 5.91 Å². The SMILES string of the molecule is O=C(O)CC(NC(=O)c1cc(-c2ccco2)on1)C1CC1. The summed E-state index contributed by atoms with van der Waals surface area (Å²) in [6, 6.07) is 4.50. The number of carbonyl (C=O) groups excluding carboxylic acids is 1. The van der Waals surface area contributed by atoms with E-state index >= 15 is 0 Å². The molecule has 21 heavy (non-hydrogen) atoms. The van der Waals surface area contributed by atoms with Gasteiger partial charge in [-0.3, -0.25) is 9.59 Å². The Morgan fingerprint density at radius 2 is 2.24 bits per heavy atom. The molecular formula is C14H14N2O5. The number of amides is 1. The van der Waals surface area contributed by atoms with Crippen LogP contribution in [0.3, 0.4) is 0 Å². The maximum absolute atomic E-state index is 12.1. The monoisotopic (exact) mass is 290 g/mol. The van der Waals surface area contributed by atoms with Crippen molar-refractivity contribution in [2.45, 2.75) is 25.3 Å². The Bertz CT molecular complexity index is 642. The predicted octanol–water partition coefficient (Wildman–Crippen LogP) is 1.92. The average Bonchev–Trinajstić information content (AvgIpc) is 2.95. The van der Waals surface area contributed by atoms with E-state index in [0.29, 0.717) is 11.5 Å². The third kappa shape index (κ3) is 3.13. The Kier molecular flexibility index (Phi) is 3.47. The van der Waals surface area contributed by atoms with Crippen molar-refractivity contribution in [2.75, 3.05) is 0 Å². The molecule has 1 atom stereocenters. The molecular weight excluding hydrogens is 276 g/mol. The molecule has 0 saturated heterocycles. The summed E-state index contributed by atoms with van der Waals surface area (Å²) in [6.07, 6.45) is 3.29. The van der Waals surface area contributed by atoms with E-state index < -0.39 is 11.9 Å². The highest BCUT2D eigenvalue weighted by atomic mass is 16.5. The van der Waals surface area contributed by atoms with Crippen molar-refractivity contribution in [3.8, 4) is 11.5 Å². The van der Waals surface area contributed by atoms with Crippen molar-refractivity contribution in [3.05, 3.63) is 30.2 Å². The minimum absolute atomic E-state index is 0.0840. The molecule has 0 bridgehead atoms. The molecule has 7 heteroatoms. The van der Waals surface area contributed by atoms with Crippen molar-refractivity contribution in [1.82, 2.24) is 10.5 Å². The zero-order valence-corrected chi connectivity index (χ0v) is 11.1. The van der Waals surface area contributed by atoms with Gasteiger partial charge in [0.1, 0.15) is 0 Å². The molecule has 1 saturated carbocycles. The summed E-state index contributed by atoms with van der Waals surface area (Å²) < 4.78 is 10.2. The number of nitrogens with zero attached hydrogens (tertiary/aromatic N) is 1. The molecule has 1 aliphatic carbocycles. The van der Waals surface area contributed by atoms with Crippen molar-refractivity contribution >= 4 is 11.9 Å². The van der Waals surface area contributed by atoms with Gasteiger partial charge in [0, 0.05) is 12.1 Å². The molecule has 7 nitrogen and oxygen atoms in total. The van der Waals surface area contributed by atoms with E-state index in [-0.39, 0.29) is 24.1 Å². The molecule has 1 aliphatic rings. The highest BCUT2D eigenvalue weighted by Crippen LogP contribution is 2.34. The first-order valence-electron chi connectivity index (χ1n) is 6.66. The lowest BCUT2D eigenvalue weighted by Crippen LogP contribution is -2.38. The van der Waals surface area contributed by atoms with Crippen LogP contribution in [0.5, 0.6) is 0 Å².